The van der Waals surface area contributed by atoms with Gasteiger partial charge in [-0.05, 0) is 30.3 Å². The fraction of sp³-hybridized carbons (Fsp3) is 0.0952. The Labute approximate surface area is 172 Å². The molecule has 1 N–H and O–H groups in total. The van der Waals surface area contributed by atoms with Crippen molar-refractivity contribution in [2.24, 2.45) is 0 Å². The molecule has 1 aromatic heterocycles. The van der Waals surface area contributed by atoms with Crippen LogP contribution in [0, 0.1) is 22.5 Å². The van der Waals surface area contributed by atoms with Gasteiger partial charge in [-0.2, -0.15) is 5.10 Å². The van der Waals surface area contributed by atoms with Crippen LogP contribution in [0.2, 0.25) is 0 Å². The second-order valence-electron chi connectivity index (χ2n) is 6.18. The van der Waals surface area contributed by atoms with Crippen molar-refractivity contribution in [3.63, 3.8) is 0 Å². The molecule has 0 saturated heterocycles. The first-order valence-corrected chi connectivity index (χ1v) is 8.82. The number of rotatable bonds is 6. The zero-order valence-electron chi connectivity index (χ0n) is 16.0. The van der Waals surface area contributed by atoms with E-state index in [1.54, 1.807) is 30.3 Å². The van der Waals surface area contributed by atoms with E-state index in [0.717, 1.165) is 0 Å². The second-order valence-corrected chi connectivity index (χ2v) is 6.18. The van der Waals surface area contributed by atoms with Gasteiger partial charge in [-0.15, -0.1) is 6.42 Å². The van der Waals surface area contributed by atoms with Crippen LogP contribution in [-0.4, -0.2) is 40.1 Å². The number of benzene rings is 2. The molecule has 1 heterocycles. The average Bonchev–Trinajstić information content (AvgIpc) is 3.27. The summed E-state index contributed by atoms with van der Waals surface area (Å²) < 4.78 is 1.36. The minimum Gasteiger partial charge on any atom is -0.358 e. The minimum atomic E-state index is -0.517. The van der Waals surface area contributed by atoms with E-state index in [4.69, 9.17) is 6.42 Å². The number of carbonyl (C=O) groups is 2. The van der Waals surface area contributed by atoms with Crippen LogP contribution in [0.25, 0.3) is 5.69 Å². The smallest absolute Gasteiger partial charge is 0.279 e. The lowest BCUT2D eigenvalue weighted by Crippen LogP contribution is -2.40. The Kier molecular flexibility index (Phi) is 5.89. The van der Waals surface area contributed by atoms with E-state index in [1.807, 2.05) is 0 Å². The second kappa shape index (κ2) is 8.70. The Hall–Kier alpha value is -4.45. The largest absolute Gasteiger partial charge is 0.358 e. The molecule has 9 nitrogen and oxygen atoms in total. The third kappa shape index (κ3) is 4.34. The lowest BCUT2D eigenvalue weighted by atomic mass is 10.2. The van der Waals surface area contributed by atoms with Crippen molar-refractivity contribution in [3.05, 3.63) is 82.2 Å². The summed E-state index contributed by atoms with van der Waals surface area (Å²) in [7, 11) is 1.47. The lowest BCUT2D eigenvalue weighted by Gasteiger charge is -2.21. The van der Waals surface area contributed by atoms with Crippen molar-refractivity contribution >= 4 is 23.2 Å². The Morgan fingerprint density at radius 2 is 2.00 bits per heavy atom. The van der Waals surface area contributed by atoms with Gasteiger partial charge in [0, 0.05) is 36.6 Å². The van der Waals surface area contributed by atoms with Crippen LogP contribution in [0.4, 0.5) is 11.4 Å². The summed E-state index contributed by atoms with van der Waals surface area (Å²) in [5.41, 5.74) is 1.41. The van der Waals surface area contributed by atoms with Crippen LogP contribution in [0.1, 0.15) is 16.1 Å². The highest BCUT2D eigenvalue weighted by Gasteiger charge is 2.23. The number of carbonyl (C=O) groups excluding carboxylic acids is 2. The average molecular weight is 403 g/mol. The van der Waals surface area contributed by atoms with Crippen molar-refractivity contribution in [3.8, 4) is 18.0 Å². The Morgan fingerprint density at radius 1 is 1.23 bits per heavy atom. The summed E-state index contributed by atoms with van der Waals surface area (Å²) in [4.78, 5) is 36.8. The van der Waals surface area contributed by atoms with Crippen LogP contribution in [0.15, 0.2) is 60.8 Å². The molecule has 30 heavy (non-hydrogen) atoms. The summed E-state index contributed by atoms with van der Waals surface area (Å²) >= 11 is 0. The third-order valence-corrected chi connectivity index (χ3v) is 4.26. The molecule has 3 rings (SSSR count). The summed E-state index contributed by atoms with van der Waals surface area (Å²) in [5.74, 6) is 1.61. The number of non-ortho nitro benzene ring substituents is 1. The zero-order valence-corrected chi connectivity index (χ0v) is 16.0. The molecule has 2 aromatic carbocycles. The van der Waals surface area contributed by atoms with Crippen LogP contribution in [-0.2, 0) is 4.79 Å². The molecule has 0 bridgehead atoms. The number of nitrogens with zero attached hydrogens (tertiary/aromatic N) is 4. The summed E-state index contributed by atoms with van der Waals surface area (Å²) in [5, 5.41) is 17.7. The molecule has 3 aromatic rings. The monoisotopic (exact) mass is 403 g/mol. The van der Waals surface area contributed by atoms with E-state index < -0.39 is 10.8 Å². The highest BCUT2D eigenvalue weighted by molar-refractivity contribution is 6.07. The van der Waals surface area contributed by atoms with Gasteiger partial charge < -0.3 is 5.32 Å². The standard InChI is InChI=1S/C21H17N5O4/c1-3-15-6-4-7-16(12-15)24(14-20(27)22-2)21(28)19-10-11-25(23-19)17-8-5-9-18(13-17)26(29)30/h1,4-13H,14H2,2H3,(H,22,27). The van der Waals surface area contributed by atoms with Gasteiger partial charge >= 0.3 is 0 Å². The molecule has 9 heteroatoms. The fourth-order valence-corrected chi connectivity index (χ4v) is 2.74. The van der Waals surface area contributed by atoms with Gasteiger partial charge in [-0.3, -0.25) is 24.6 Å². The number of aromatic nitrogens is 2. The lowest BCUT2D eigenvalue weighted by molar-refractivity contribution is -0.384. The summed E-state index contributed by atoms with van der Waals surface area (Å²) in [6.07, 6.45) is 6.95. The van der Waals surface area contributed by atoms with Crippen LogP contribution in [0.5, 0.6) is 0 Å². The molecule has 2 amide bonds. The summed E-state index contributed by atoms with van der Waals surface area (Å²) in [6, 6.07) is 14.0. The van der Waals surface area contributed by atoms with Crippen molar-refractivity contribution in [2.75, 3.05) is 18.5 Å². The maximum Gasteiger partial charge on any atom is 0.279 e. The van der Waals surface area contributed by atoms with Crippen molar-refractivity contribution < 1.29 is 14.5 Å². The molecular weight excluding hydrogens is 386 g/mol. The first-order chi connectivity index (χ1) is 14.4. The normalized spacial score (nSPS) is 10.1. The predicted octanol–water partition coefficient (Wildman–Crippen LogP) is 2.15. The minimum absolute atomic E-state index is 0.0662. The first-order valence-electron chi connectivity index (χ1n) is 8.82. The van der Waals surface area contributed by atoms with Gasteiger partial charge in [0.1, 0.15) is 6.54 Å². The number of nitrogens with one attached hydrogen (secondary N) is 1. The third-order valence-electron chi connectivity index (χ3n) is 4.26. The first kappa shape index (κ1) is 20.3. The number of terminal acetylenes is 1. The molecule has 0 aliphatic rings. The molecule has 0 atom stereocenters. The molecule has 0 aliphatic carbocycles. The number of hydrogen-bond donors (Lipinski definition) is 1. The number of amides is 2. The number of hydrogen-bond acceptors (Lipinski definition) is 5. The number of anilines is 1. The van der Waals surface area contributed by atoms with Crippen LogP contribution < -0.4 is 10.2 Å². The van der Waals surface area contributed by atoms with Gasteiger partial charge in [0.05, 0.1) is 10.6 Å². The Balaban J connectivity index is 1.95. The predicted molar refractivity (Wildman–Crippen MR) is 110 cm³/mol. The van der Waals surface area contributed by atoms with Crippen molar-refractivity contribution in [1.29, 1.82) is 0 Å². The van der Waals surface area contributed by atoms with E-state index in [0.29, 0.717) is 16.9 Å². The molecule has 0 unspecified atom stereocenters. The quantitative estimate of drug-likeness (QED) is 0.385. The van der Waals surface area contributed by atoms with Gasteiger partial charge in [-0.1, -0.05) is 18.1 Å². The number of nitro benzene ring substituents is 1. The van der Waals surface area contributed by atoms with Gasteiger partial charge in [0.15, 0.2) is 5.69 Å². The van der Waals surface area contributed by atoms with E-state index in [-0.39, 0.29) is 23.8 Å². The molecule has 0 fully saturated rings. The molecule has 150 valence electrons. The van der Waals surface area contributed by atoms with Crippen LogP contribution >= 0.6 is 0 Å². The fourth-order valence-electron chi connectivity index (χ4n) is 2.74. The molecular formula is C21H17N5O4. The molecule has 0 spiro atoms. The molecule has 0 aliphatic heterocycles. The zero-order chi connectivity index (χ0) is 21.7. The van der Waals surface area contributed by atoms with Gasteiger partial charge in [0.25, 0.3) is 11.6 Å². The Morgan fingerprint density at radius 3 is 2.70 bits per heavy atom. The number of likely N-dealkylation sites (N-methyl/N-ethyl adjacent to an activating group) is 1. The van der Waals surface area contributed by atoms with Crippen molar-refractivity contribution in [1.82, 2.24) is 15.1 Å². The number of nitro groups is 1. The van der Waals surface area contributed by atoms with E-state index in [1.165, 1.54) is 47.1 Å². The van der Waals surface area contributed by atoms with E-state index >= 15 is 0 Å². The summed E-state index contributed by atoms with van der Waals surface area (Å²) in [6.45, 7) is -0.229. The maximum absolute atomic E-state index is 13.1. The van der Waals surface area contributed by atoms with E-state index in [9.17, 15) is 19.7 Å². The SMILES string of the molecule is C#Cc1cccc(N(CC(=O)NC)C(=O)c2ccn(-c3cccc([N+](=O)[O-])c3)n2)c1. The van der Waals surface area contributed by atoms with E-state index in [2.05, 4.69) is 16.3 Å². The van der Waals surface area contributed by atoms with Gasteiger partial charge in [0.2, 0.25) is 5.91 Å². The maximum atomic E-state index is 13.1. The Bertz CT molecular complexity index is 1160. The molecule has 0 radical (unpaired) electrons. The highest BCUT2D eigenvalue weighted by atomic mass is 16.6. The van der Waals surface area contributed by atoms with Gasteiger partial charge in [-0.25, -0.2) is 4.68 Å². The molecule has 0 saturated carbocycles. The topological polar surface area (TPSA) is 110 Å². The highest BCUT2D eigenvalue weighted by Crippen LogP contribution is 2.20. The van der Waals surface area contributed by atoms with Crippen LogP contribution in [0.3, 0.4) is 0 Å². The van der Waals surface area contributed by atoms with Crippen molar-refractivity contribution in [2.45, 2.75) is 0 Å².